The highest BCUT2D eigenvalue weighted by atomic mass is 32.2. The molecule has 2 aliphatic rings. The molecule has 4 rings (SSSR count). The normalized spacial score (nSPS) is 18.2. The highest BCUT2D eigenvalue weighted by Crippen LogP contribution is 2.32. The number of nitrogens with one attached hydrogen (secondary N) is 1. The zero-order valence-electron chi connectivity index (χ0n) is 16.4. The zero-order valence-corrected chi connectivity index (χ0v) is 17.2. The molecule has 0 aromatic heterocycles. The third-order valence-electron chi connectivity index (χ3n) is 5.25. The summed E-state index contributed by atoms with van der Waals surface area (Å²) in [4.78, 5) is 1.61. The second-order valence-corrected chi connectivity index (χ2v) is 9.16. The first-order valence-electron chi connectivity index (χ1n) is 10.0. The van der Waals surface area contributed by atoms with Gasteiger partial charge in [-0.05, 0) is 24.3 Å². The van der Waals surface area contributed by atoms with Crippen LogP contribution in [0.2, 0.25) is 0 Å². The molecule has 0 atom stereocenters. The molecule has 8 heteroatoms. The van der Waals surface area contributed by atoms with Crippen LogP contribution in [0.3, 0.4) is 0 Å². The molecule has 2 aliphatic heterocycles. The SMILES string of the molecule is O=S(=O)(c1ccc2c(c1)OCCCO2)N1CC[NH+](CCOc2ccccc2)CC1. The summed E-state index contributed by atoms with van der Waals surface area (Å²) in [5, 5.41) is 0. The average molecular weight is 420 g/mol. The van der Waals surface area contributed by atoms with E-state index in [1.807, 2.05) is 30.3 Å². The van der Waals surface area contributed by atoms with Crippen LogP contribution in [-0.2, 0) is 10.0 Å². The molecule has 1 saturated heterocycles. The van der Waals surface area contributed by atoms with Crippen molar-refractivity contribution in [3.63, 3.8) is 0 Å². The number of nitrogens with zero attached hydrogens (tertiary/aromatic N) is 1. The van der Waals surface area contributed by atoms with Gasteiger partial charge in [0.25, 0.3) is 0 Å². The van der Waals surface area contributed by atoms with Gasteiger partial charge in [0.15, 0.2) is 11.5 Å². The van der Waals surface area contributed by atoms with Crippen LogP contribution in [0.25, 0.3) is 0 Å². The van der Waals surface area contributed by atoms with Crippen molar-refractivity contribution in [2.24, 2.45) is 0 Å². The summed E-state index contributed by atoms with van der Waals surface area (Å²) in [6.07, 6.45) is 0.787. The van der Waals surface area contributed by atoms with Crippen molar-refractivity contribution in [2.45, 2.75) is 11.3 Å². The van der Waals surface area contributed by atoms with Gasteiger partial charge in [0, 0.05) is 12.5 Å². The number of hydrogen-bond acceptors (Lipinski definition) is 5. The minimum absolute atomic E-state index is 0.262. The molecule has 1 N–H and O–H groups in total. The van der Waals surface area contributed by atoms with Crippen molar-refractivity contribution < 1.29 is 27.5 Å². The molecular formula is C21H27N2O5S+. The van der Waals surface area contributed by atoms with Gasteiger partial charge in [-0.2, -0.15) is 4.31 Å². The molecule has 0 spiro atoms. The molecule has 0 unspecified atom stereocenters. The Labute approximate surface area is 171 Å². The number of para-hydroxylation sites is 1. The maximum atomic E-state index is 13.1. The van der Waals surface area contributed by atoms with Crippen LogP contribution in [0.5, 0.6) is 17.2 Å². The highest BCUT2D eigenvalue weighted by molar-refractivity contribution is 7.89. The number of benzene rings is 2. The Balaban J connectivity index is 1.32. The van der Waals surface area contributed by atoms with Gasteiger partial charge in [-0.3, -0.25) is 0 Å². The largest absolute Gasteiger partial charge is 0.490 e. The first-order chi connectivity index (χ1) is 14.1. The van der Waals surface area contributed by atoms with E-state index in [0.29, 0.717) is 44.4 Å². The van der Waals surface area contributed by atoms with E-state index in [4.69, 9.17) is 14.2 Å². The lowest BCUT2D eigenvalue weighted by Gasteiger charge is -2.31. The molecule has 0 amide bonds. The summed E-state index contributed by atoms with van der Waals surface area (Å²) in [6, 6.07) is 14.6. The summed E-state index contributed by atoms with van der Waals surface area (Å²) < 4.78 is 44.7. The van der Waals surface area contributed by atoms with Crippen molar-refractivity contribution in [3.8, 4) is 17.2 Å². The minimum atomic E-state index is -3.54. The number of quaternary nitrogens is 1. The quantitative estimate of drug-likeness (QED) is 0.751. The van der Waals surface area contributed by atoms with Crippen LogP contribution < -0.4 is 19.1 Å². The van der Waals surface area contributed by atoms with E-state index in [-0.39, 0.29) is 4.90 Å². The number of hydrogen-bond donors (Lipinski definition) is 1. The lowest BCUT2D eigenvalue weighted by Crippen LogP contribution is -3.15. The lowest BCUT2D eigenvalue weighted by atomic mass is 10.3. The highest BCUT2D eigenvalue weighted by Gasteiger charge is 2.31. The van der Waals surface area contributed by atoms with Crippen LogP contribution in [0.15, 0.2) is 53.4 Å². The minimum Gasteiger partial charge on any atom is -0.490 e. The van der Waals surface area contributed by atoms with Gasteiger partial charge in [0.2, 0.25) is 10.0 Å². The van der Waals surface area contributed by atoms with Gasteiger partial charge in [0.05, 0.1) is 44.3 Å². The molecule has 2 aromatic rings. The Bertz CT molecular complexity index is 912. The molecule has 0 bridgehead atoms. The molecule has 2 heterocycles. The van der Waals surface area contributed by atoms with Crippen molar-refractivity contribution in [1.29, 1.82) is 0 Å². The second kappa shape index (κ2) is 9.02. The van der Waals surface area contributed by atoms with Crippen molar-refractivity contribution >= 4 is 10.0 Å². The fraction of sp³-hybridized carbons (Fsp3) is 0.429. The van der Waals surface area contributed by atoms with E-state index >= 15 is 0 Å². The molecule has 0 saturated carbocycles. The number of sulfonamides is 1. The topological polar surface area (TPSA) is 69.5 Å². The Morgan fingerprint density at radius 3 is 2.45 bits per heavy atom. The fourth-order valence-electron chi connectivity index (χ4n) is 3.58. The summed E-state index contributed by atoms with van der Waals surface area (Å²) in [7, 11) is -3.54. The molecule has 29 heavy (non-hydrogen) atoms. The molecule has 7 nitrogen and oxygen atoms in total. The van der Waals surface area contributed by atoms with Crippen LogP contribution in [0.4, 0.5) is 0 Å². The van der Waals surface area contributed by atoms with Crippen LogP contribution in [-0.4, -0.2) is 65.3 Å². The molecule has 0 aliphatic carbocycles. The van der Waals surface area contributed by atoms with Crippen LogP contribution >= 0.6 is 0 Å². The summed E-state index contributed by atoms with van der Waals surface area (Å²) in [5.74, 6) is 1.97. The van der Waals surface area contributed by atoms with Crippen LogP contribution in [0.1, 0.15) is 6.42 Å². The van der Waals surface area contributed by atoms with E-state index in [2.05, 4.69) is 0 Å². The average Bonchev–Trinajstić information content (AvgIpc) is 3.00. The van der Waals surface area contributed by atoms with E-state index in [1.165, 1.54) is 4.90 Å². The van der Waals surface area contributed by atoms with Crippen molar-refractivity contribution in [2.75, 3.05) is 52.5 Å². The van der Waals surface area contributed by atoms with Crippen molar-refractivity contribution in [1.82, 2.24) is 4.31 Å². The number of piperazine rings is 1. The van der Waals surface area contributed by atoms with Gasteiger partial charge in [-0.15, -0.1) is 0 Å². The van der Waals surface area contributed by atoms with Crippen LogP contribution in [0, 0.1) is 0 Å². The van der Waals surface area contributed by atoms with E-state index in [0.717, 1.165) is 31.8 Å². The van der Waals surface area contributed by atoms with E-state index in [9.17, 15) is 8.42 Å². The zero-order chi connectivity index (χ0) is 20.1. The van der Waals surface area contributed by atoms with Gasteiger partial charge in [0.1, 0.15) is 18.9 Å². The monoisotopic (exact) mass is 419 g/mol. The Morgan fingerprint density at radius 1 is 0.966 bits per heavy atom. The first-order valence-corrected chi connectivity index (χ1v) is 11.5. The second-order valence-electron chi connectivity index (χ2n) is 7.22. The Morgan fingerprint density at radius 2 is 1.69 bits per heavy atom. The predicted octanol–water partition coefficient (Wildman–Crippen LogP) is 0.816. The number of fused-ring (bicyclic) bond motifs is 1. The molecule has 156 valence electrons. The van der Waals surface area contributed by atoms with Gasteiger partial charge in [-0.25, -0.2) is 8.42 Å². The smallest absolute Gasteiger partial charge is 0.243 e. The maximum Gasteiger partial charge on any atom is 0.243 e. The third-order valence-corrected chi connectivity index (χ3v) is 7.15. The summed E-state index contributed by atoms with van der Waals surface area (Å²) in [6.45, 7) is 5.11. The van der Waals surface area contributed by atoms with Crippen molar-refractivity contribution in [3.05, 3.63) is 48.5 Å². The summed E-state index contributed by atoms with van der Waals surface area (Å²) in [5.41, 5.74) is 0. The number of ether oxygens (including phenoxy) is 3. The fourth-order valence-corrected chi connectivity index (χ4v) is 5.03. The van der Waals surface area contributed by atoms with Gasteiger partial charge >= 0.3 is 0 Å². The van der Waals surface area contributed by atoms with Gasteiger partial charge in [-0.1, -0.05) is 18.2 Å². The number of rotatable bonds is 6. The first kappa shape index (κ1) is 20.0. The molecular weight excluding hydrogens is 392 g/mol. The Hall–Kier alpha value is -2.29. The molecule has 0 radical (unpaired) electrons. The van der Waals surface area contributed by atoms with Gasteiger partial charge < -0.3 is 19.1 Å². The standard InChI is InChI=1S/C21H26N2O5S/c24-29(25,19-7-8-20-21(17-19)28-15-4-14-27-20)23-11-9-22(10-12-23)13-16-26-18-5-2-1-3-6-18/h1-3,5-8,17H,4,9-16H2/p+1. The van der Waals surface area contributed by atoms with E-state index < -0.39 is 10.0 Å². The lowest BCUT2D eigenvalue weighted by molar-refractivity contribution is -0.903. The predicted molar refractivity (Wildman–Crippen MR) is 108 cm³/mol. The maximum absolute atomic E-state index is 13.1. The molecule has 1 fully saturated rings. The van der Waals surface area contributed by atoms with E-state index in [1.54, 1.807) is 22.5 Å². The Kier molecular flexibility index (Phi) is 6.22. The molecule has 2 aromatic carbocycles. The summed E-state index contributed by atoms with van der Waals surface area (Å²) >= 11 is 0. The third kappa shape index (κ3) is 4.83.